The molecule has 0 aliphatic carbocycles. The van der Waals surface area contributed by atoms with Crippen LogP contribution in [-0.2, 0) is 17.8 Å². The van der Waals surface area contributed by atoms with Gasteiger partial charge in [-0.2, -0.15) is 11.3 Å². The summed E-state index contributed by atoms with van der Waals surface area (Å²) in [6.07, 6.45) is 3.28. The van der Waals surface area contributed by atoms with Gasteiger partial charge in [-0.3, -0.25) is 4.79 Å². The minimum absolute atomic E-state index is 0.121. The first-order chi connectivity index (χ1) is 12.2. The lowest BCUT2D eigenvalue weighted by molar-refractivity contribution is -0.156. The van der Waals surface area contributed by atoms with E-state index in [0.29, 0.717) is 26.1 Å². The average Bonchev–Trinajstić information content (AvgIpc) is 3.13. The maximum atomic E-state index is 12.7. The summed E-state index contributed by atoms with van der Waals surface area (Å²) >= 11 is 1.66. The van der Waals surface area contributed by atoms with Crippen molar-refractivity contribution in [3.05, 3.63) is 58.3 Å². The van der Waals surface area contributed by atoms with Crippen molar-refractivity contribution < 1.29 is 9.90 Å². The van der Waals surface area contributed by atoms with Gasteiger partial charge in [0.15, 0.2) is 5.60 Å². The molecule has 2 heterocycles. The second-order valence-corrected chi connectivity index (χ2v) is 7.53. The molecule has 3 rings (SSSR count). The van der Waals surface area contributed by atoms with E-state index in [1.165, 1.54) is 11.1 Å². The summed E-state index contributed by atoms with van der Waals surface area (Å²) in [5.41, 5.74) is 1.22. The zero-order chi connectivity index (χ0) is 17.5. The van der Waals surface area contributed by atoms with E-state index in [9.17, 15) is 9.90 Å². The van der Waals surface area contributed by atoms with Crippen LogP contribution < -0.4 is 5.32 Å². The highest BCUT2D eigenvalue weighted by Gasteiger charge is 2.41. The number of likely N-dealkylation sites (tertiary alicyclic amines) is 1. The van der Waals surface area contributed by atoms with E-state index in [1.54, 1.807) is 11.3 Å². The number of carbonyl (C=O) groups excluding carboxylic acids is 1. The van der Waals surface area contributed by atoms with E-state index in [4.69, 9.17) is 0 Å². The number of amides is 1. The first kappa shape index (κ1) is 18.1. The van der Waals surface area contributed by atoms with E-state index in [1.807, 2.05) is 28.5 Å². The molecule has 2 aromatic rings. The number of piperidine rings is 1. The fourth-order valence-electron chi connectivity index (χ4n) is 3.37. The summed E-state index contributed by atoms with van der Waals surface area (Å²) in [5, 5.41) is 18.2. The third-order valence-corrected chi connectivity index (χ3v) is 5.50. The van der Waals surface area contributed by atoms with Gasteiger partial charge in [0.1, 0.15) is 0 Å². The Morgan fingerprint density at radius 2 is 2.04 bits per heavy atom. The molecule has 2 N–H and O–H groups in total. The molecule has 1 fully saturated rings. The first-order valence-corrected chi connectivity index (χ1v) is 9.89. The summed E-state index contributed by atoms with van der Waals surface area (Å²) in [4.78, 5) is 14.6. The minimum Gasteiger partial charge on any atom is -0.379 e. The summed E-state index contributed by atoms with van der Waals surface area (Å²) in [5.74, 6) is -0.121. The molecule has 134 valence electrons. The molecule has 1 aliphatic heterocycles. The second-order valence-electron chi connectivity index (χ2n) is 6.75. The van der Waals surface area contributed by atoms with Crippen molar-refractivity contribution in [2.24, 2.45) is 0 Å². The Hall–Kier alpha value is -1.69. The summed E-state index contributed by atoms with van der Waals surface area (Å²) in [6, 6.07) is 12.4. The van der Waals surface area contributed by atoms with E-state index in [-0.39, 0.29) is 5.91 Å². The molecule has 1 aromatic heterocycles. The number of nitrogens with one attached hydrogen (secondary N) is 1. The van der Waals surface area contributed by atoms with Gasteiger partial charge in [0.2, 0.25) is 0 Å². The van der Waals surface area contributed by atoms with Crippen LogP contribution in [0.15, 0.2) is 47.2 Å². The normalized spacial score (nSPS) is 20.8. The molecule has 0 bridgehead atoms. The van der Waals surface area contributed by atoms with Gasteiger partial charge >= 0.3 is 0 Å². The van der Waals surface area contributed by atoms with Crippen molar-refractivity contribution in [1.82, 2.24) is 10.2 Å². The Labute approximate surface area is 153 Å². The van der Waals surface area contributed by atoms with Gasteiger partial charge in [-0.25, -0.2) is 0 Å². The quantitative estimate of drug-likeness (QED) is 0.763. The van der Waals surface area contributed by atoms with E-state index in [2.05, 4.69) is 28.9 Å². The largest absolute Gasteiger partial charge is 0.379 e. The maximum Gasteiger partial charge on any atom is 0.255 e. The van der Waals surface area contributed by atoms with Gasteiger partial charge in [-0.1, -0.05) is 30.3 Å². The van der Waals surface area contributed by atoms with Crippen LogP contribution in [0.2, 0.25) is 0 Å². The predicted molar refractivity (Wildman–Crippen MR) is 102 cm³/mol. The molecule has 0 saturated carbocycles. The molecule has 1 aromatic carbocycles. The van der Waals surface area contributed by atoms with Crippen LogP contribution in [0.5, 0.6) is 0 Å². The van der Waals surface area contributed by atoms with Crippen LogP contribution in [0.3, 0.4) is 0 Å². The highest BCUT2D eigenvalue weighted by atomic mass is 32.1. The van der Waals surface area contributed by atoms with Gasteiger partial charge in [-0.05, 0) is 53.6 Å². The summed E-state index contributed by atoms with van der Waals surface area (Å²) in [6.45, 7) is 2.46. The van der Waals surface area contributed by atoms with Gasteiger partial charge in [0.05, 0.1) is 0 Å². The van der Waals surface area contributed by atoms with Gasteiger partial charge in [-0.15, -0.1) is 0 Å². The van der Waals surface area contributed by atoms with Crippen LogP contribution in [0.1, 0.15) is 30.4 Å². The maximum absolute atomic E-state index is 12.7. The number of rotatable bonds is 8. The predicted octanol–water partition coefficient (Wildman–Crippen LogP) is 2.82. The first-order valence-electron chi connectivity index (χ1n) is 8.95. The number of aliphatic hydroxyl groups is 1. The van der Waals surface area contributed by atoms with Gasteiger partial charge in [0, 0.05) is 26.2 Å². The highest BCUT2D eigenvalue weighted by molar-refractivity contribution is 7.07. The van der Waals surface area contributed by atoms with Crippen LogP contribution >= 0.6 is 11.3 Å². The van der Waals surface area contributed by atoms with Crippen molar-refractivity contribution in [3.8, 4) is 0 Å². The van der Waals surface area contributed by atoms with Crippen LogP contribution in [0.4, 0.5) is 0 Å². The number of nitrogens with zero attached hydrogens (tertiary/aromatic N) is 1. The molecule has 1 aliphatic rings. The molecule has 0 radical (unpaired) electrons. The molecule has 4 nitrogen and oxygen atoms in total. The lowest BCUT2D eigenvalue weighted by Crippen LogP contribution is -2.58. The van der Waals surface area contributed by atoms with Crippen LogP contribution in [0, 0.1) is 0 Å². The molecule has 1 saturated heterocycles. The summed E-state index contributed by atoms with van der Waals surface area (Å²) < 4.78 is 0. The highest BCUT2D eigenvalue weighted by Crippen LogP contribution is 2.23. The van der Waals surface area contributed by atoms with Crippen molar-refractivity contribution in [2.75, 3.05) is 19.6 Å². The lowest BCUT2D eigenvalue weighted by Gasteiger charge is -2.38. The molecule has 25 heavy (non-hydrogen) atoms. The Balaban J connectivity index is 1.47. The van der Waals surface area contributed by atoms with E-state index < -0.39 is 5.60 Å². The average molecular weight is 359 g/mol. The SMILES string of the molecule is O=C1N(CCCc2ccccc2)CCCC1(O)CNCc1ccsc1. The number of aryl methyl sites for hydroxylation is 1. The Bertz CT molecular complexity index is 660. The van der Waals surface area contributed by atoms with Crippen molar-refractivity contribution in [3.63, 3.8) is 0 Å². The second kappa shape index (κ2) is 8.61. The number of hydrogen-bond acceptors (Lipinski definition) is 4. The zero-order valence-corrected chi connectivity index (χ0v) is 15.3. The standard InChI is InChI=1S/C20H26N2O2S/c23-19-20(24,16-21-14-18-9-13-25-15-18)10-5-12-22(19)11-4-8-17-6-2-1-3-7-17/h1-3,6-7,9,13,15,21,24H,4-5,8,10-12,14,16H2. The van der Waals surface area contributed by atoms with Crippen LogP contribution in [-0.4, -0.2) is 41.1 Å². The molecule has 5 heteroatoms. The van der Waals surface area contributed by atoms with Gasteiger partial charge < -0.3 is 15.3 Å². The number of benzene rings is 1. The summed E-state index contributed by atoms with van der Waals surface area (Å²) in [7, 11) is 0. The van der Waals surface area contributed by atoms with E-state index in [0.717, 1.165) is 25.8 Å². The Morgan fingerprint density at radius 3 is 2.80 bits per heavy atom. The smallest absolute Gasteiger partial charge is 0.255 e. The molecular formula is C20H26N2O2S. The van der Waals surface area contributed by atoms with Crippen LogP contribution in [0.25, 0.3) is 0 Å². The third-order valence-electron chi connectivity index (χ3n) is 4.77. The molecule has 1 atom stereocenters. The number of thiophene rings is 1. The topological polar surface area (TPSA) is 52.6 Å². The van der Waals surface area contributed by atoms with Crippen molar-refractivity contribution in [2.45, 2.75) is 37.8 Å². The lowest BCUT2D eigenvalue weighted by atomic mass is 9.91. The zero-order valence-electron chi connectivity index (χ0n) is 14.5. The number of hydrogen-bond donors (Lipinski definition) is 2. The fraction of sp³-hybridized carbons (Fsp3) is 0.450. The number of carbonyl (C=O) groups is 1. The molecule has 1 unspecified atom stereocenters. The molecule has 1 amide bonds. The van der Waals surface area contributed by atoms with Crippen molar-refractivity contribution >= 4 is 17.2 Å². The fourth-order valence-corrected chi connectivity index (χ4v) is 4.04. The third kappa shape index (κ3) is 4.91. The van der Waals surface area contributed by atoms with E-state index >= 15 is 0 Å². The molecule has 0 spiro atoms. The molecular weight excluding hydrogens is 332 g/mol. The Morgan fingerprint density at radius 1 is 1.20 bits per heavy atom. The Kier molecular flexibility index (Phi) is 6.24. The van der Waals surface area contributed by atoms with Gasteiger partial charge in [0.25, 0.3) is 5.91 Å². The minimum atomic E-state index is -1.26. The van der Waals surface area contributed by atoms with Crippen molar-refractivity contribution in [1.29, 1.82) is 0 Å². The monoisotopic (exact) mass is 358 g/mol.